The van der Waals surface area contributed by atoms with Crippen molar-refractivity contribution in [2.45, 2.75) is 20.4 Å². The maximum atomic E-state index is 9.16. The molecule has 1 rings (SSSR count). The van der Waals surface area contributed by atoms with Crippen molar-refractivity contribution < 1.29 is 5.11 Å². The van der Waals surface area contributed by atoms with Crippen molar-refractivity contribution in [2.75, 3.05) is 31.1 Å². The molecule has 1 heterocycles. The van der Waals surface area contributed by atoms with Gasteiger partial charge in [0.2, 0.25) is 0 Å². The average Bonchev–Trinajstić information content (AvgIpc) is 2.39. The number of hydrogen-bond donors (Lipinski definition) is 2. The van der Waals surface area contributed by atoms with Crippen LogP contribution in [0.3, 0.4) is 0 Å². The molecule has 0 unspecified atom stereocenters. The van der Waals surface area contributed by atoms with E-state index in [4.69, 9.17) is 5.11 Å². The van der Waals surface area contributed by atoms with Gasteiger partial charge in [-0.05, 0) is 18.5 Å². The lowest BCUT2D eigenvalue weighted by atomic mass is 10.2. The summed E-state index contributed by atoms with van der Waals surface area (Å²) in [7, 11) is 0. The summed E-state index contributed by atoms with van der Waals surface area (Å²) in [6, 6.07) is 1.99. The summed E-state index contributed by atoms with van der Waals surface area (Å²) >= 11 is 0. The van der Waals surface area contributed by atoms with Crippen LogP contribution in [0.15, 0.2) is 31.1 Å². The molecule has 0 aliphatic heterocycles. The first-order valence-electron chi connectivity index (χ1n) is 6.79. The van der Waals surface area contributed by atoms with Crippen LogP contribution in [0.5, 0.6) is 0 Å². The number of nitrogens with zero attached hydrogens (tertiary/aromatic N) is 2. The quantitative estimate of drug-likeness (QED) is 0.667. The maximum Gasteiger partial charge on any atom is 0.0606 e. The first-order chi connectivity index (χ1) is 9.19. The van der Waals surface area contributed by atoms with E-state index < -0.39 is 0 Å². The van der Waals surface area contributed by atoms with Crippen molar-refractivity contribution in [1.82, 2.24) is 10.3 Å². The number of pyridine rings is 1. The highest BCUT2D eigenvalue weighted by molar-refractivity contribution is 5.52. The van der Waals surface area contributed by atoms with Gasteiger partial charge in [0.1, 0.15) is 0 Å². The molecule has 0 atom stereocenters. The second-order valence-electron chi connectivity index (χ2n) is 4.99. The maximum absolute atomic E-state index is 9.16. The Morgan fingerprint density at radius 2 is 2.32 bits per heavy atom. The van der Waals surface area contributed by atoms with Gasteiger partial charge >= 0.3 is 0 Å². The second kappa shape index (κ2) is 8.67. The molecule has 0 saturated carbocycles. The Hall–Kier alpha value is -1.39. The van der Waals surface area contributed by atoms with E-state index >= 15 is 0 Å². The second-order valence-corrected chi connectivity index (χ2v) is 4.99. The van der Waals surface area contributed by atoms with Crippen LogP contribution >= 0.6 is 0 Å². The van der Waals surface area contributed by atoms with Gasteiger partial charge < -0.3 is 15.3 Å². The number of aliphatic hydroxyl groups is 1. The fourth-order valence-corrected chi connectivity index (χ4v) is 1.95. The van der Waals surface area contributed by atoms with Gasteiger partial charge in [-0.15, -0.1) is 6.58 Å². The van der Waals surface area contributed by atoms with Crippen LogP contribution < -0.4 is 10.2 Å². The molecule has 0 aliphatic carbocycles. The van der Waals surface area contributed by atoms with Crippen molar-refractivity contribution in [3.8, 4) is 0 Å². The van der Waals surface area contributed by atoms with Crippen LogP contribution in [-0.4, -0.2) is 36.3 Å². The molecule has 1 aromatic rings. The van der Waals surface area contributed by atoms with Gasteiger partial charge in [-0.2, -0.15) is 0 Å². The van der Waals surface area contributed by atoms with E-state index in [1.165, 1.54) is 0 Å². The number of anilines is 1. The van der Waals surface area contributed by atoms with Gasteiger partial charge in [-0.1, -0.05) is 19.9 Å². The minimum absolute atomic E-state index is 0.134. The fraction of sp³-hybridized carbons (Fsp3) is 0.533. The largest absolute Gasteiger partial charge is 0.395 e. The Bertz CT molecular complexity index is 379. The number of aromatic nitrogens is 1. The molecule has 0 bridgehead atoms. The Kier molecular flexibility index (Phi) is 7.15. The lowest BCUT2D eigenvalue weighted by Crippen LogP contribution is -2.29. The van der Waals surface area contributed by atoms with Crippen molar-refractivity contribution in [2.24, 2.45) is 5.92 Å². The van der Waals surface area contributed by atoms with Gasteiger partial charge in [-0.25, -0.2) is 0 Å². The number of nitrogens with one attached hydrogen (secondary N) is 1. The Morgan fingerprint density at radius 1 is 1.53 bits per heavy atom. The summed E-state index contributed by atoms with van der Waals surface area (Å²) in [6.45, 7) is 11.4. The topological polar surface area (TPSA) is 48.4 Å². The standard InChI is InChI=1S/C15H25N3O/c1-4-7-18(8-9-19)15-5-6-16-11-14(15)12-17-10-13(2)3/h4-6,11,13,17,19H,1,7-10,12H2,2-3H3. The fourth-order valence-electron chi connectivity index (χ4n) is 1.95. The molecule has 4 nitrogen and oxygen atoms in total. The van der Waals surface area contributed by atoms with E-state index in [9.17, 15) is 0 Å². The molecule has 0 amide bonds. The zero-order valence-electron chi connectivity index (χ0n) is 12.0. The molecule has 0 saturated heterocycles. The van der Waals surface area contributed by atoms with Crippen LogP contribution in [0.2, 0.25) is 0 Å². The zero-order valence-corrected chi connectivity index (χ0v) is 12.0. The van der Waals surface area contributed by atoms with E-state index in [2.05, 4.69) is 35.6 Å². The molecule has 0 fully saturated rings. The number of hydrogen-bond acceptors (Lipinski definition) is 4. The molecule has 2 N–H and O–H groups in total. The SMILES string of the molecule is C=CCN(CCO)c1ccncc1CNCC(C)C. The van der Waals surface area contributed by atoms with E-state index in [0.29, 0.717) is 12.5 Å². The van der Waals surface area contributed by atoms with E-state index in [0.717, 1.165) is 30.9 Å². The lowest BCUT2D eigenvalue weighted by Gasteiger charge is -2.25. The first-order valence-corrected chi connectivity index (χ1v) is 6.79. The molecule has 106 valence electrons. The van der Waals surface area contributed by atoms with Crippen LogP contribution in [-0.2, 0) is 6.54 Å². The minimum atomic E-state index is 0.134. The molecule has 0 spiro atoms. The van der Waals surface area contributed by atoms with Crippen molar-refractivity contribution in [3.05, 3.63) is 36.7 Å². The van der Waals surface area contributed by atoms with Crippen LogP contribution in [0.1, 0.15) is 19.4 Å². The van der Waals surface area contributed by atoms with Gasteiger partial charge in [0, 0.05) is 43.3 Å². The predicted molar refractivity (Wildman–Crippen MR) is 80.3 cm³/mol. The Labute approximate surface area is 116 Å². The van der Waals surface area contributed by atoms with Gasteiger partial charge in [-0.3, -0.25) is 4.98 Å². The number of aliphatic hydroxyl groups excluding tert-OH is 1. The van der Waals surface area contributed by atoms with E-state index in [1.807, 2.05) is 18.3 Å². The van der Waals surface area contributed by atoms with Gasteiger partial charge in [0.05, 0.1) is 6.61 Å². The summed E-state index contributed by atoms with van der Waals surface area (Å²) < 4.78 is 0. The summed E-state index contributed by atoms with van der Waals surface area (Å²) in [5.41, 5.74) is 2.26. The minimum Gasteiger partial charge on any atom is -0.395 e. The normalized spacial score (nSPS) is 10.7. The van der Waals surface area contributed by atoms with E-state index in [1.54, 1.807) is 6.20 Å². The highest BCUT2D eigenvalue weighted by Crippen LogP contribution is 2.19. The molecule has 0 aliphatic rings. The molecule has 19 heavy (non-hydrogen) atoms. The highest BCUT2D eigenvalue weighted by atomic mass is 16.3. The first kappa shape index (κ1) is 15.7. The van der Waals surface area contributed by atoms with Crippen molar-refractivity contribution >= 4 is 5.69 Å². The molecular weight excluding hydrogens is 238 g/mol. The number of rotatable bonds is 9. The molecule has 0 radical (unpaired) electrons. The third-order valence-corrected chi connectivity index (χ3v) is 2.81. The Balaban J connectivity index is 2.77. The zero-order chi connectivity index (χ0) is 14.1. The van der Waals surface area contributed by atoms with Gasteiger partial charge in [0.15, 0.2) is 0 Å². The molecular formula is C15H25N3O. The lowest BCUT2D eigenvalue weighted by molar-refractivity contribution is 0.303. The third kappa shape index (κ3) is 5.41. The molecule has 4 heteroatoms. The van der Waals surface area contributed by atoms with Crippen LogP contribution in [0.25, 0.3) is 0 Å². The summed E-state index contributed by atoms with van der Waals surface area (Å²) in [5.74, 6) is 0.627. The predicted octanol–water partition coefficient (Wildman–Crippen LogP) is 1.81. The highest BCUT2D eigenvalue weighted by Gasteiger charge is 2.09. The Morgan fingerprint density at radius 3 is 2.95 bits per heavy atom. The average molecular weight is 263 g/mol. The third-order valence-electron chi connectivity index (χ3n) is 2.81. The van der Waals surface area contributed by atoms with E-state index in [-0.39, 0.29) is 6.61 Å². The smallest absolute Gasteiger partial charge is 0.0606 e. The summed E-state index contributed by atoms with van der Waals surface area (Å²) in [5, 5.41) is 12.6. The van der Waals surface area contributed by atoms with Crippen LogP contribution in [0.4, 0.5) is 5.69 Å². The molecule has 0 aromatic carbocycles. The monoisotopic (exact) mass is 263 g/mol. The van der Waals surface area contributed by atoms with Crippen molar-refractivity contribution in [3.63, 3.8) is 0 Å². The van der Waals surface area contributed by atoms with Crippen molar-refractivity contribution in [1.29, 1.82) is 0 Å². The van der Waals surface area contributed by atoms with Crippen LogP contribution in [0, 0.1) is 5.92 Å². The molecule has 1 aromatic heterocycles. The van der Waals surface area contributed by atoms with Gasteiger partial charge in [0.25, 0.3) is 0 Å². The summed E-state index contributed by atoms with van der Waals surface area (Å²) in [6.07, 6.45) is 5.52. The summed E-state index contributed by atoms with van der Waals surface area (Å²) in [4.78, 5) is 6.30.